The van der Waals surface area contributed by atoms with Crippen LogP contribution in [-0.2, 0) is 6.54 Å². The van der Waals surface area contributed by atoms with Crippen molar-refractivity contribution >= 4 is 0 Å². The highest BCUT2D eigenvalue weighted by Crippen LogP contribution is 2.25. The molecule has 0 aliphatic heterocycles. The summed E-state index contributed by atoms with van der Waals surface area (Å²) in [7, 11) is 0. The first-order valence-electron chi connectivity index (χ1n) is 7.29. The standard InChI is InChI=1S/C18H24N2O/c1-13-7-6-8-16(14(13)2)21-17-10-9-15(11-19-17)12-20-18(3,4)5/h6-11,20H,12H2,1-5H3. The molecule has 0 spiro atoms. The number of aromatic nitrogens is 1. The van der Waals surface area contributed by atoms with Crippen LogP contribution in [0.1, 0.15) is 37.5 Å². The molecule has 1 N–H and O–H groups in total. The van der Waals surface area contributed by atoms with E-state index in [1.54, 1.807) is 0 Å². The summed E-state index contributed by atoms with van der Waals surface area (Å²) in [6, 6.07) is 10.0. The minimum Gasteiger partial charge on any atom is -0.439 e. The van der Waals surface area contributed by atoms with Crippen LogP contribution in [0.2, 0.25) is 0 Å². The van der Waals surface area contributed by atoms with Crippen molar-refractivity contribution in [2.24, 2.45) is 0 Å². The number of nitrogens with one attached hydrogen (secondary N) is 1. The Labute approximate surface area is 127 Å². The van der Waals surface area contributed by atoms with E-state index in [9.17, 15) is 0 Å². The van der Waals surface area contributed by atoms with E-state index in [4.69, 9.17) is 4.74 Å². The van der Waals surface area contributed by atoms with Crippen molar-refractivity contribution in [2.45, 2.75) is 46.7 Å². The summed E-state index contributed by atoms with van der Waals surface area (Å²) in [4.78, 5) is 4.38. The number of pyridine rings is 1. The van der Waals surface area contributed by atoms with Crippen LogP contribution in [0, 0.1) is 13.8 Å². The largest absolute Gasteiger partial charge is 0.439 e. The van der Waals surface area contributed by atoms with Gasteiger partial charge >= 0.3 is 0 Å². The van der Waals surface area contributed by atoms with Crippen LogP contribution in [-0.4, -0.2) is 10.5 Å². The summed E-state index contributed by atoms with van der Waals surface area (Å²) >= 11 is 0. The smallest absolute Gasteiger partial charge is 0.219 e. The predicted molar refractivity (Wildman–Crippen MR) is 86.8 cm³/mol. The Hall–Kier alpha value is -1.87. The Morgan fingerprint density at radius 1 is 1.10 bits per heavy atom. The van der Waals surface area contributed by atoms with Crippen molar-refractivity contribution in [2.75, 3.05) is 0 Å². The van der Waals surface area contributed by atoms with Gasteiger partial charge in [0.25, 0.3) is 0 Å². The fraction of sp³-hybridized carbons (Fsp3) is 0.389. The summed E-state index contributed by atoms with van der Waals surface area (Å²) in [6.45, 7) is 11.4. The second-order valence-electron chi connectivity index (χ2n) is 6.41. The molecule has 0 radical (unpaired) electrons. The monoisotopic (exact) mass is 284 g/mol. The first kappa shape index (κ1) is 15.5. The van der Waals surface area contributed by atoms with E-state index in [-0.39, 0.29) is 5.54 Å². The number of benzene rings is 1. The maximum atomic E-state index is 5.86. The first-order valence-corrected chi connectivity index (χ1v) is 7.29. The molecular weight excluding hydrogens is 260 g/mol. The van der Waals surface area contributed by atoms with Gasteiger partial charge in [0.15, 0.2) is 0 Å². The first-order chi connectivity index (χ1) is 9.85. The average Bonchev–Trinajstić information content (AvgIpc) is 2.42. The summed E-state index contributed by atoms with van der Waals surface area (Å²) in [5.74, 6) is 1.49. The third kappa shape index (κ3) is 4.57. The molecule has 1 heterocycles. The molecule has 0 unspecified atom stereocenters. The number of rotatable bonds is 4. The lowest BCUT2D eigenvalue weighted by atomic mass is 10.1. The Balaban J connectivity index is 2.04. The fourth-order valence-corrected chi connectivity index (χ4v) is 1.89. The van der Waals surface area contributed by atoms with Gasteiger partial charge in [0, 0.05) is 24.3 Å². The van der Waals surface area contributed by atoms with E-state index in [0.717, 1.165) is 23.4 Å². The molecule has 0 saturated carbocycles. The van der Waals surface area contributed by atoms with E-state index in [2.05, 4.69) is 51.0 Å². The third-order valence-corrected chi connectivity index (χ3v) is 3.39. The maximum Gasteiger partial charge on any atom is 0.219 e. The molecule has 1 aromatic carbocycles. The lowest BCUT2D eigenvalue weighted by Gasteiger charge is -2.20. The number of aryl methyl sites for hydroxylation is 1. The molecule has 0 fully saturated rings. The Morgan fingerprint density at radius 3 is 2.48 bits per heavy atom. The van der Waals surface area contributed by atoms with Crippen LogP contribution in [0.4, 0.5) is 0 Å². The van der Waals surface area contributed by atoms with Gasteiger partial charge < -0.3 is 10.1 Å². The zero-order valence-electron chi connectivity index (χ0n) is 13.5. The molecule has 21 heavy (non-hydrogen) atoms. The summed E-state index contributed by atoms with van der Waals surface area (Å²) in [5.41, 5.74) is 3.63. The van der Waals surface area contributed by atoms with Crippen LogP contribution in [0.3, 0.4) is 0 Å². The van der Waals surface area contributed by atoms with Gasteiger partial charge in [-0.15, -0.1) is 0 Å². The van der Waals surface area contributed by atoms with E-state index in [0.29, 0.717) is 5.88 Å². The van der Waals surface area contributed by atoms with Crippen LogP contribution < -0.4 is 10.1 Å². The van der Waals surface area contributed by atoms with Gasteiger partial charge in [0.1, 0.15) is 5.75 Å². The van der Waals surface area contributed by atoms with Gasteiger partial charge in [-0.3, -0.25) is 0 Å². The molecule has 0 amide bonds. The lowest BCUT2D eigenvalue weighted by molar-refractivity contribution is 0.423. The van der Waals surface area contributed by atoms with Crippen LogP contribution in [0.25, 0.3) is 0 Å². The van der Waals surface area contributed by atoms with Gasteiger partial charge in [-0.1, -0.05) is 18.2 Å². The van der Waals surface area contributed by atoms with Gasteiger partial charge in [-0.25, -0.2) is 4.98 Å². The Bertz CT molecular complexity index is 598. The van der Waals surface area contributed by atoms with E-state index in [1.165, 1.54) is 5.56 Å². The molecule has 0 atom stereocenters. The highest BCUT2D eigenvalue weighted by atomic mass is 16.5. The van der Waals surface area contributed by atoms with Gasteiger partial charge in [0.05, 0.1) is 0 Å². The normalized spacial score (nSPS) is 11.5. The SMILES string of the molecule is Cc1cccc(Oc2ccc(CNC(C)(C)C)cn2)c1C. The third-order valence-electron chi connectivity index (χ3n) is 3.39. The summed E-state index contributed by atoms with van der Waals surface area (Å²) in [5, 5.41) is 3.44. The molecule has 1 aromatic heterocycles. The summed E-state index contributed by atoms with van der Waals surface area (Å²) < 4.78 is 5.86. The summed E-state index contributed by atoms with van der Waals surface area (Å²) in [6.07, 6.45) is 1.86. The molecule has 0 aliphatic rings. The number of nitrogens with zero attached hydrogens (tertiary/aromatic N) is 1. The zero-order valence-corrected chi connectivity index (χ0v) is 13.5. The molecule has 2 rings (SSSR count). The van der Waals surface area contributed by atoms with Crippen molar-refractivity contribution in [1.29, 1.82) is 0 Å². The Morgan fingerprint density at radius 2 is 1.86 bits per heavy atom. The number of hydrogen-bond donors (Lipinski definition) is 1. The minimum absolute atomic E-state index is 0.105. The number of hydrogen-bond acceptors (Lipinski definition) is 3. The molecule has 112 valence electrons. The molecule has 0 bridgehead atoms. The van der Waals surface area contributed by atoms with Crippen molar-refractivity contribution in [3.05, 3.63) is 53.2 Å². The maximum absolute atomic E-state index is 5.86. The average molecular weight is 284 g/mol. The van der Waals surface area contributed by atoms with Gasteiger partial charge in [-0.2, -0.15) is 0 Å². The molecule has 2 aromatic rings. The Kier molecular flexibility index (Phi) is 4.63. The second kappa shape index (κ2) is 6.27. The molecule has 0 aliphatic carbocycles. The fourth-order valence-electron chi connectivity index (χ4n) is 1.89. The van der Waals surface area contributed by atoms with Gasteiger partial charge in [0.2, 0.25) is 5.88 Å². The quantitative estimate of drug-likeness (QED) is 0.904. The van der Waals surface area contributed by atoms with Crippen LogP contribution in [0.15, 0.2) is 36.5 Å². The van der Waals surface area contributed by atoms with E-state index in [1.807, 2.05) is 30.5 Å². The second-order valence-corrected chi connectivity index (χ2v) is 6.41. The van der Waals surface area contributed by atoms with Crippen molar-refractivity contribution in [1.82, 2.24) is 10.3 Å². The topological polar surface area (TPSA) is 34.1 Å². The highest BCUT2D eigenvalue weighted by molar-refractivity contribution is 5.40. The highest BCUT2D eigenvalue weighted by Gasteiger charge is 2.09. The molecule has 3 heteroatoms. The predicted octanol–water partition coefficient (Wildman–Crippen LogP) is 4.38. The lowest BCUT2D eigenvalue weighted by Crippen LogP contribution is -2.35. The van der Waals surface area contributed by atoms with Gasteiger partial charge in [-0.05, 0) is 57.4 Å². The zero-order chi connectivity index (χ0) is 15.5. The molecule has 0 saturated heterocycles. The molecular formula is C18H24N2O. The molecule has 3 nitrogen and oxygen atoms in total. The van der Waals surface area contributed by atoms with Crippen molar-refractivity contribution < 1.29 is 4.74 Å². The van der Waals surface area contributed by atoms with E-state index >= 15 is 0 Å². The van der Waals surface area contributed by atoms with Crippen molar-refractivity contribution in [3.8, 4) is 11.6 Å². The van der Waals surface area contributed by atoms with Crippen LogP contribution >= 0.6 is 0 Å². The van der Waals surface area contributed by atoms with Crippen LogP contribution in [0.5, 0.6) is 11.6 Å². The van der Waals surface area contributed by atoms with Crippen molar-refractivity contribution in [3.63, 3.8) is 0 Å². The number of ether oxygens (including phenoxy) is 1. The minimum atomic E-state index is 0.105. The van der Waals surface area contributed by atoms with E-state index < -0.39 is 0 Å².